The van der Waals surface area contributed by atoms with Crippen molar-refractivity contribution >= 4 is 23.4 Å². The molecule has 3 fully saturated rings. The molecule has 3 aliphatic heterocycles. The van der Waals surface area contributed by atoms with Gasteiger partial charge in [-0.2, -0.15) is 0 Å². The number of benzene rings is 2. The predicted octanol–water partition coefficient (Wildman–Crippen LogP) is 2.88. The Morgan fingerprint density at radius 3 is 2.46 bits per heavy atom. The van der Waals surface area contributed by atoms with Gasteiger partial charge in [0.15, 0.2) is 0 Å². The van der Waals surface area contributed by atoms with Crippen molar-refractivity contribution in [1.29, 1.82) is 0 Å². The molecule has 9 nitrogen and oxygen atoms in total. The third-order valence-corrected chi connectivity index (χ3v) is 8.56. The van der Waals surface area contributed by atoms with Gasteiger partial charge < -0.3 is 30.1 Å². The second-order valence-corrected chi connectivity index (χ2v) is 10.9. The second kappa shape index (κ2) is 10.6. The molecule has 6 atom stereocenters. The van der Waals surface area contributed by atoms with Crippen molar-refractivity contribution in [2.75, 3.05) is 18.5 Å². The van der Waals surface area contributed by atoms with E-state index in [2.05, 4.69) is 10.6 Å². The van der Waals surface area contributed by atoms with Gasteiger partial charge >= 0.3 is 0 Å². The predicted molar refractivity (Wildman–Crippen MR) is 145 cm³/mol. The maximum Gasteiger partial charge on any atom is 0.246 e. The summed E-state index contributed by atoms with van der Waals surface area (Å²) in [6.45, 7) is 6.19. The Morgan fingerprint density at radius 1 is 1.10 bits per heavy atom. The first-order chi connectivity index (χ1) is 18.8. The summed E-state index contributed by atoms with van der Waals surface area (Å²) in [5, 5.41) is 16.1. The van der Waals surface area contributed by atoms with Gasteiger partial charge in [-0.25, -0.2) is 0 Å². The number of amides is 3. The van der Waals surface area contributed by atoms with E-state index in [0.29, 0.717) is 43.9 Å². The van der Waals surface area contributed by atoms with E-state index in [4.69, 9.17) is 9.47 Å². The zero-order chi connectivity index (χ0) is 27.8. The number of aliphatic hydroxyl groups is 1. The number of aliphatic hydroxyl groups excluding tert-OH is 1. The van der Waals surface area contributed by atoms with Gasteiger partial charge in [0.25, 0.3) is 0 Å². The normalized spacial score (nSPS) is 29.7. The van der Waals surface area contributed by atoms with Crippen LogP contribution in [0.25, 0.3) is 0 Å². The van der Waals surface area contributed by atoms with Crippen molar-refractivity contribution < 1.29 is 29.0 Å². The first kappa shape index (κ1) is 27.1. The summed E-state index contributed by atoms with van der Waals surface area (Å²) >= 11 is 0. The summed E-state index contributed by atoms with van der Waals surface area (Å²) in [6.07, 6.45) is 1.49. The molecule has 0 aliphatic carbocycles. The fourth-order valence-electron chi connectivity index (χ4n) is 6.77. The fraction of sp³-hybridized carbons (Fsp3) is 0.500. The maximum absolute atomic E-state index is 14.1. The molecule has 2 aromatic carbocycles. The van der Waals surface area contributed by atoms with Crippen molar-refractivity contribution in [3.63, 3.8) is 0 Å². The summed E-state index contributed by atoms with van der Waals surface area (Å²) < 4.78 is 12.1. The highest BCUT2D eigenvalue weighted by Gasteiger charge is 2.78. The van der Waals surface area contributed by atoms with E-state index in [0.717, 1.165) is 5.56 Å². The summed E-state index contributed by atoms with van der Waals surface area (Å²) in [7, 11) is 0. The molecular formula is C30H37N3O6. The van der Waals surface area contributed by atoms with Crippen LogP contribution < -0.4 is 15.4 Å². The molecule has 2 aromatic rings. The molecule has 0 saturated carbocycles. The van der Waals surface area contributed by atoms with Crippen LogP contribution in [-0.4, -0.2) is 64.2 Å². The van der Waals surface area contributed by atoms with Crippen LogP contribution in [0.15, 0.2) is 54.6 Å². The molecule has 3 amide bonds. The van der Waals surface area contributed by atoms with Gasteiger partial charge in [0, 0.05) is 12.2 Å². The van der Waals surface area contributed by atoms with Crippen LogP contribution in [0, 0.1) is 11.8 Å². The highest BCUT2D eigenvalue weighted by molar-refractivity contribution is 6.02. The minimum absolute atomic E-state index is 0.284. The zero-order valence-corrected chi connectivity index (χ0v) is 22.7. The standard InChI is InChI=1S/C30H37N3O6/c1-4-21(18-34)33-25(27(36)31-17-19-9-7-6-8-10-19)30-16-15-29(3,39-30)23(24(30)28(33)37)26(35)32-20-11-13-22(14-12-20)38-5-2/h6-14,21,23-25,34H,4-5,15-18H2,1-3H3,(H,31,36)(H,32,35)/t21-,23+,24-,25?,29-,30?/m0/s1. The molecular weight excluding hydrogens is 498 g/mol. The average Bonchev–Trinajstić information content (AvgIpc) is 3.51. The number of nitrogens with zero attached hydrogens (tertiary/aromatic N) is 1. The molecule has 208 valence electrons. The quantitative estimate of drug-likeness (QED) is 0.431. The first-order valence-corrected chi connectivity index (χ1v) is 13.8. The lowest BCUT2D eigenvalue weighted by atomic mass is 9.66. The van der Waals surface area contributed by atoms with Crippen LogP contribution in [0.2, 0.25) is 0 Å². The number of anilines is 1. The molecule has 1 spiro atoms. The van der Waals surface area contributed by atoms with Crippen LogP contribution in [0.1, 0.15) is 45.6 Å². The van der Waals surface area contributed by atoms with Crippen LogP contribution in [0.5, 0.6) is 5.75 Å². The van der Waals surface area contributed by atoms with Crippen molar-refractivity contribution in [1.82, 2.24) is 10.2 Å². The third kappa shape index (κ3) is 4.57. The Morgan fingerprint density at radius 2 is 1.82 bits per heavy atom. The largest absolute Gasteiger partial charge is 0.494 e. The van der Waals surface area contributed by atoms with Gasteiger partial charge in [0.2, 0.25) is 17.7 Å². The number of fused-ring (bicyclic) bond motifs is 1. The highest BCUT2D eigenvalue weighted by Crippen LogP contribution is 2.63. The first-order valence-electron chi connectivity index (χ1n) is 13.8. The fourth-order valence-corrected chi connectivity index (χ4v) is 6.77. The molecule has 0 aromatic heterocycles. The number of likely N-dealkylation sites (tertiary alicyclic amines) is 1. The van der Waals surface area contributed by atoms with Crippen molar-refractivity contribution in [3.8, 4) is 5.75 Å². The molecule has 3 aliphatic rings. The molecule has 2 bridgehead atoms. The number of hydrogen-bond acceptors (Lipinski definition) is 6. The minimum atomic E-state index is -1.14. The van der Waals surface area contributed by atoms with Crippen molar-refractivity contribution in [2.24, 2.45) is 11.8 Å². The molecule has 0 radical (unpaired) electrons. The number of nitrogens with one attached hydrogen (secondary N) is 2. The number of carbonyl (C=O) groups is 3. The van der Waals surface area contributed by atoms with Gasteiger partial charge in [0.1, 0.15) is 17.4 Å². The molecule has 9 heteroatoms. The monoisotopic (exact) mass is 535 g/mol. The molecule has 2 unspecified atom stereocenters. The van der Waals surface area contributed by atoms with E-state index in [-0.39, 0.29) is 24.3 Å². The molecule has 3 saturated heterocycles. The topological polar surface area (TPSA) is 117 Å². The Labute approximate surface area is 228 Å². The lowest BCUT2D eigenvalue weighted by Crippen LogP contribution is -2.57. The molecule has 3 heterocycles. The molecule has 5 rings (SSSR count). The lowest BCUT2D eigenvalue weighted by Gasteiger charge is -2.36. The summed E-state index contributed by atoms with van der Waals surface area (Å²) in [5.74, 6) is -1.87. The Hall–Kier alpha value is -3.43. The third-order valence-electron chi connectivity index (χ3n) is 8.56. The number of hydrogen-bond donors (Lipinski definition) is 3. The van der Waals surface area contributed by atoms with E-state index < -0.39 is 35.1 Å². The zero-order valence-electron chi connectivity index (χ0n) is 22.7. The Balaban J connectivity index is 1.45. The Kier molecular flexibility index (Phi) is 7.39. The van der Waals surface area contributed by atoms with Gasteiger partial charge in [0.05, 0.1) is 36.7 Å². The lowest BCUT2D eigenvalue weighted by molar-refractivity contribution is -0.149. The number of carbonyl (C=O) groups excluding carboxylic acids is 3. The van der Waals surface area contributed by atoms with E-state index >= 15 is 0 Å². The number of rotatable bonds is 10. The van der Waals surface area contributed by atoms with E-state index in [1.54, 1.807) is 24.3 Å². The summed E-state index contributed by atoms with van der Waals surface area (Å²) in [4.78, 5) is 43.2. The highest BCUT2D eigenvalue weighted by atomic mass is 16.5. The van der Waals surface area contributed by atoms with Crippen LogP contribution >= 0.6 is 0 Å². The molecule has 39 heavy (non-hydrogen) atoms. The van der Waals surface area contributed by atoms with Crippen LogP contribution in [-0.2, 0) is 25.7 Å². The van der Waals surface area contributed by atoms with Gasteiger partial charge in [-0.1, -0.05) is 37.3 Å². The average molecular weight is 536 g/mol. The van der Waals surface area contributed by atoms with Crippen LogP contribution in [0.3, 0.4) is 0 Å². The van der Waals surface area contributed by atoms with Crippen LogP contribution in [0.4, 0.5) is 5.69 Å². The van der Waals surface area contributed by atoms with Crippen molar-refractivity contribution in [2.45, 2.75) is 69.9 Å². The Bertz CT molecular complexity index is 1220. The smallest absolute Gasteiger partial charge is 0.246 e. The number of ether oxygens (including phenoxy) is 2. The second-order valence-electron chi connectivity index (χ2n) is 10.9. The summed E-state index contributed by atoms with van der Waals surface area (Å²) in [5.41, 5.74) is -0.511. The van der Waals surface area contributed by atoms with E-state index in [1.165, 1.54) is 4.90 Å². The van der Waals surface area contributed by atoms with Gasteiger partial charge in [-0.15, -0.1) is 0 Å². The van der Waals surface area contributed by atoms with E-state index in [9.17, 15) is 19.5 Å². The maximum atomic E-state index is 14.1. The minimum Gasteiger partial charge on any atom is -0.494 e. The summed E-state index contributed by atoms with van der Waals surface area (Å²) in [6, 6.07) is 15.1. The van der Waals surface area contributed by atoms with E-state index in [1.807, 2.05) is 51.1 Å². The van der Waals surface area contributed by atoms with Crippen molar-refractivity contribution in [3.05, 3.63) is 60.2 Å². The SMILES string of the molecule is CCOc1ccc(NC(=O)[C@H]2[C@H]3C(=O)N([C@@H](CC)CO)C(C(=O)NCc4ccccc4)C34CC[C@]2(C)O4)cc1. The van der Waals surface area contributed by atoms with Gasteiger partial charge in [-0.05, 0) is 62.9 Å². The molecule has 3 N–H and O–H groups in total. The van der Waals surface area contributed by atoms with Gasteiger partial charge in [-0.3, -0.25) is 14.4 Å².